The van der Waals surface area contributed by atoms with Crippen LogP contribution >= 0.6 is 15.9 Å². The van der Waals surface area contributed by atoms with Gasteiger partial charge in [-0.05, 0) is 30.3 Å². The number of nitrogens with one attached hydrogen (secondary N) is 1. The number of benzene rings is 1. The van der Waals surface area contributed by atoms with E-state index in [4.69, 9.17) is 5.26 Å². The average molecular weight is 342 g/mol. The first-order valence-electron chi connectivity index (χ1n) is 5.40. The van der Waals surface area contributed by atoms with Crippen LogP contribution in [0.2, 0.25) is 0 Å². The Hall–Kier alpha value is -2.07. The Bertz CT molecular complexity index is 660. The molecule has 1 heterocycles. The first-order valence-corrected chi connectivity index (χ1v) is 6.19. The van der Waals surface area contributed by atoms with Gasteiger partial charge in [0.05, 0.1) is 23.1 Å². The van der Waals surface area contributed by atoms with E-state index in [-0.39, 0.29) is 0 Å². The first-order chi connectivity index (χ1) is 9.40. The van der Waals surface area contributed by atoms with Gasteiger partial charge in [-0.3, -0.25) is 0 Å². The van der Waals surface area contributed by atoms with Crippen molar-refractivity contribution in [1.29, 1.82) is 5.26 Å². The molecule has 2 aromatic rings. The maximum Gasteiger partial charge on any atom is 0.433 e. The molecule has 0 atom stereocenters. The summed E-state index contributed by atoms with van der Waals surface area (Å²) in [6.07, 6.45) is -3.39. The van der Waals surface area contributed by atoms with E-state index in [1.807, 2.05) is 6.07 Å². The molecule has 0 saturated heterocycles. The Morgan fingerprint density at radius 2 is 1.95 bits per heavy atom. The minimum atomic E-state index is -4.47. The second-order valence-corrected chi connectivity index (χ2v) is 4.77. The molecular formula is C13H7BrF3N3. The van der Waals surface area contributed by atoms with E-state index >= 15 is 0 Å². The highest BCUT2D eigenvalue weighted by Gasteiger charge is 2.32. The number of alkyl halides is 3. The summed E-state index contributed by atoms with van der Waals surface area (Å²) in [6.45, 7) is 0. The summed E-state index contributed by atoms with van der Waals surface area (Å²) in [5, 5.41) is 11.8. The molecule has 0 aliphatic carbocycles. The summed E-state index contributed by atoms with van der Waals surface area (Å²) in [4.78, 5) is 3.34. The smallest absolute Gasteiger partial charge is 0.353 e. The number of aromatic nitrogens is 1. The molecule has 0 radical (unpaired) electrons. The molecule has 0 unspecified atom stereocenters. The van der Waals surface area contributed by atoms with Gasteiger partial charge in [-0.2, -0.15) is 18.4 Å². The van der Waals surface area contributed by atoms with Crippen LogP contribution in [0.25, 0.3) is 0 Å². The molecule has 3 nitrogen and oxygen atoms in total. The van der Waals surface area contributed by atoms with Gasteiger partial charge >= 0.3 is 6.18 Å². The minimum Gasteiger partial charge on any atom is -0.353 e. The Balaban J connectivity index is 2.27. The van der Waals surface area contributed by atoms with Gasteiger partial charge in [-0.1, -0.05) is 15.9 Å². The number of halogens is 4. The van der Waals surface area contributed by atoms with Gasteiger partial charge in [0.25, 0.3) is 0 Å². The number of pyridine rings is 1. The monoisotopic (exact) mass is 341 g/mol. The third-order valence-corrected chi connectivity index (χ3v) is 2.93. The van der Waals surface area contributed by atoms with Crippen molar-refractivity contribution in [2.45, 2.75) is 6.18 Å². The summed E-state index contributed by atoms with van der Waals surface area (Å²) in [5.41, 5.74) is 0.280. The lowest BCUT2D eigenvalue weighted by molar-refractivity contribution is -0.141. The zero-order valence-corrected chi connectivity index (χ0v) is 11.5. The molecule has 20 heavy (non-hydrogen) atoms. The van der Waals surface area contributed by atoms with Crippen LogP contribution in [0.5, 0.6) is 0 Å². The molecule has 0 aliphatic heterocycles. The Morgan fingerprint density at radius 1 is 1.20 bits per heavy atom. The standard InChI is InChI=1S/C13H7BrF3N3/c14-9-2-1-8(6-18)11(5-9)20-10-3-4-12(19-7-10)13(15,16)17/h1-5,7,20H. The van der Waals surface area contributed by atoms with Crippen molar-refractivity contribution in [3.63, 3.8) is 0 Å². The normalized spacial score (nSPS) is 10.9. The summed E-state index contributed by atoms with van der Waals surface area (Å²) in [5.74, 6) is 0. The van der Waals surface area contributed by atoms with Crippen LogP contribution in [0.1, 0.15) is 11.3 Å². The van der Waals surface area contributed by atoms with Crippen molar-refractivity contribution in [1.82, 2.24) is 4.98 Å². The zero-order chi connectivity index (χ0) is 14.8. The second kappa shape index (κ2) is 5.51. The largest absolute Gasteiger partial charge is 0.433 e. The third kappa shape index (κ3) is 3.27. The van der Waals surface area contributed by atoms with Crippen molar-refractivity contribution >= 4 is 27.3 Å². The van der Waals surface area contributed by atoms with Crippen LogP contribution in [0.15, 0.2) is 41.0 Å². The molecule has 0 fully saturated rings. The predicted octanol–water partition coefficient (Wildman–Crippen LogP) is 4.48. The van der Waals surface area contributed by atoms with Gasteiger partial charge in [0, 0.05) is 4.47 Å². The summed E-state index contributed by atoms with van der Waals surface area (Å²) < 4.78 is 37.9. The van der Waals surface area contributed by atoms with E-state index in [1.165, 1.54) is 6.07 Å². The van der Waals surface area contributed by atoms with Crippen molar-refractivity contribution in [2.75, 3.05) is 5.32 Å². The van der Waals surface area contributed by atoms with Crippen molar-refractivity contribution in [2.24, 2.45) is 0 Å². The number of rotatable bonds is 2. The average Bonchev–Trinajstić information content (AvgIpc) is 2.38. The predicted molar refractivity (Wildman–Crippen MR) is 71.4 cm³/mol. The molecular weight excluding hydrogens is 335 g/mol. The van der Waals surface area contributed by atoms with Gasteiger partial charge in [0.15, 0.2) is 0 Å². The topological polar surface area (TPSA) is 48.7 Å². The van der Waals surface area contributed by atoms with Crippen LogP contribution in [-0.4, -0.2) is 4.98 Å². The van der Waals surface area contributed by atoms with E-state index < -0.39 is 11.9 Å². The third-order valence-electron chi connectivity index (χ3n) is 2.43. The molecule has 1 aromatic heterocycles. The molecule has 1 N–H and O–H groups in total. The van der Waals surface area contributed by atoms with Crippen LogP contribution in [0.3, 0.4) is 0 Å². The highest BCUT2D eigenvalue weighted by Crippen LogP contribution is 2.29. The van der Waals surface area contributed by atoms with Gasteiger partial charge in [-0.25, -0.2) is 4.98 Å². The Morgan fingerprint density at radius 3 is 2.50 bits per heavy atom. The molecule has 1 aromatic carbocycles. The number of nitriles is 1. The Labute approximate surface area is 121 Å². The number of nitrogens with zero attached hydrogens (tertiary/aromatic N) is 2. The molecule has 2 rings (SSSR count). The van der Waals surface area contributed by atoms with Crippen molar-refractivity contribution < 1.29 is 13.2 Å². The fourth-order valence-electron chi connectivity index (χ4n) is 1.51. The fraction of sp³-hybridized carbons (Fsp3) is 0.0769. The molecule has 0 saturated carbocycles. The maximum absolute atomic E-state index is 12.4. The quantitative estimate of drug-likeness (QED) is 0.876. The fourth-order valence-corrected chi connectivity index (χ4v) is 1.87. The van der Waals surface area contributed by atoms with E-state index in [9.17, 15) is 13.2 Å². The van der Waals surface area contributed by atoms with Gasteiger partial charge in [0.1, 0.15) is 11.8 Å². The van der Waals surface area contributed by atoms with Gasteiger partial charge in [0.2, 0.25) is 0 Å². The van der Waals surface area contributed by atoms with Gasteiger partial charge < -0.3 is 5.32 Å². The lowest BCUT2D eigenvalue weighted by atomic mass is 10.2. The lowest BCUT2D eigenvalue weighted by Gasteiger charge is -2.10. The van der Waals surface area contributed by atoms with E-state index in [2.05, 4.69) is 26.2 Å². The number of hydrogen-bond acceptors (Lipinski definition) is 3. The maximum atomic E-state index is 12.4. The molecule has 7 heteroatoms. The van der Waals surface area contributed by atoms with Crippen molar-refractivity contribution in [3.05, 3.63) is 52.3 Å². The molecule has 102 valence electrons. The molecule has 0 bridgehead atoms. The summed E-state index contributed by atoms with van der Waals surface area (Å²) in [7, 11) is 0. The lowest BCUT2D eigenvalue weighted by Crippen LogP contribution is -2.07. The van der Waals surface area contributed by atoms with E-state index in [1.54, 1.807) is 18.2 Å². The van der Waals surface area contributed by atoms with E-state index in [0.29, 0.717) is 16.9 Å². The second-order valence-electron chi connectivity index (χ2n) is 3.86. The van der Waals surface area contributed by atoms with Crippen LogP contribution < -0.4 is 5.32 Å². The van der Waals surface area contributed by atoms with Crippen LogP contribution in [0.4, 0.5) is 24.5 Å². The van der Waals surface area contributed by atoms with Gasteiger partial charge in [-0.15, -0.1) is 0 Å². The Kier molecular flexibility index (Phi) is 3.95. The van der Waals surface area contributed by atoms with Crippen LogP contribution in [0, 0.1) is 11.3 Å². The summed E-state index contributed by atoms with van der Waals surface area (Å²) in [6, 6.07) is 9.11. The number of hydrogen-bond donors (Lipinski definition) is 1. The SMILES string of the molecule is N#Cc1ccc(Br)cc1Nc1ccc(C(F)(F)F)nc1. The number of anilines is 2. The minimum absolute atomic E-state index is 0.368. The zero-order valence-electron chi connectivity index (χ0n) is 9.87. The van der Waals surface area contributed by atoms with Crippen LogP contribution in [-0.2, 0) is 6.18 Å². The molecule has 0 spiro atoms. The van der Waals surface area contributed by atoms with Crippen molar-refractivity contribution in [3.8, 4) is 6.07 Å². The molecule has 0 aliphatic rings. The highest BCUT2D eigenvalue weighted by molar-refractivity contribution is 9.10. The highest BCUT2D eigenvalue weighted by atomic mass is 79.9. The first kappa shape index (κ1) is 14.3. The summed E-state index contributed by atoms with van der Waals surface area (Å²) >= 11 is 3.26. The van der Waals surface area contributed by atoms with E-state index in [0.717, 1.165) is 16.7 Å². The molecule has 0 amide bonds.